The molecule has 0 bridgehead atoms. The zero-order valence-electron chi connectivity index (χ0n) is 10.6. The molecule has 0 heterocycles. The molecule has 0 saturated carbocycles. The van der Waals surface area contributed by atoms with Crippen LogP contribution in [0.15, 0.2) is 36.4 Å². The molecule has 0 aliphatic rings. The topological polar surface area (TPSA) is 9.23 Å². The minimum absolute atomic E-state index is 0.0773. The summed E-state index contributed by atoms with van der Waals surface area (Å²) in [7, 11) is 1.60. The van der Waals surface area contributed by atoms with Crippen molar-refractivity contribution in [1.29, 1.82) is 0 Å². The summed E-state index contributed by atoms with van der Waals surface area (Å²) < 4.78 is 18.3. The van der Waals surface area contributed by atoms with E-state index in [4.69, 9.17) is 16.3 Å². The number of aryl methyl sites for hydroxylation is 1. The zero-order chi connectivity index (χ0) is 14.0. The molecule has 0 aliphatic heterocycles. The van der Waals surface area contributed by atoms with E-state index in [1.807, 2.05) is 19.1 Å². The first-order chi connectivity index (χ1) is 9.02. The second kappa shape index (κ2) is 5.93. The van der Waals surface area contributed by atoms with Gasteiger partial charge in [-0.15, -0.1) is 0 Å². The molecule has 0 amide bonds. The Balaban J connectivity index is 2.41. The minimum Gasteiger partial charge on any atom is -0.497 e. The highest BCUT2D eigenvalue weighted by Gasteiger charge is 2.16. The molecule has 100 valence electrons. The molecule has 0 aliphatic carbocycles. The van der Waals surface area contributed by atoms with Gasteiger partial charge >= 0.3 is 0 Å². The largest absolute Gasteiger partial charge is 0.497 e. The second-order valence-electron chi connectivity index (χ2n) is 4.25. The van der Waals surface area contributed by atoms with Gasteiger partial charge in [-0.3, -0.25) is 0 Å². The number of halogens is 3. The summed E-state index contributed by atoms with van der Waals surface area (Å²) in [5.41, 5.74) is 2.81. The van der Waals surface area contributed by atoms with Crippen molar-refractivity contribution in [1.82, 2.24) is 0 Å². The number of hydrogen-bond donors (Lipinski definition) is 0. The smallest absolute Gasteiger partial charge is 0.123 e. The molecule has 0 aromatic heterocycles. The predicted molar refractivity (Wildman–Crippen MR) is 79.9 cm³/mol. The van der Waals surface area contributed by atoms with Crippen molar-refractivity contribution in [3.05, 3.63) is 63.9 Å². The van der Waals surface area contributed by atoms with Crippen molar-refractivity contribution >= 4 is 27.5 Å². The Bertz CT molecular complexity index is 601. The summed E-state index contributed by atoms with van der Waals surface area (Å²) in [5.74, 6) is 0.478. The fraction of sp³-hybridized carbons (Fsp3) is 0.200. The lowest BCUT2D eigenvalue weighted by molar-refractivity contribution is 0.414. The summed E-state index contributed by atoms with van der Waals surface area (Å²) in [4.78, 5) is -0.0773. The van der Waals surface area contributed by atoms with Crippen LogP contribution in [0, 0.1) is 12.7 Å². The highest BCUT2D eigenvalue weighted by Crippen LogP contribution is 2.38. The summed E-state index contributed by atoms with van der Waals surface area (Å²) in [6, 6.07) is 10.3. The van der Waals surface area contributed by atoms with Crippen molar-refractivity contribution < 1.29 is 9.13 Å². The van der Waals surface area contributed by atoms with Crippen LogP contribution in [0.25, 0.3) is 0 Å². The van der Waals surface area contributed by atoms with Crippen molar-refractivity contribution in [2.45, 2.75) is 11.8 Å². The molecule has 0 N–H and O–H groups in total. The van der Waals surface area contributed by atoms with Gasteiger partial charge in [0.25, 0.3) is 0 Å². The van der Waals surface area contributed by atoms with E-state index in [-0.39, 0.29) is 10.6 Å². The Morgan fingerprint density at radius 3 is 2.42 bits per heavy atom. The molecule has 2 rings (SSSR count). The normalized spacial score (nSPS) is 12.3. The van der Waals surface area contributed by atoms with Crippen LogP contribution < -0.4 is 4.74 Å². The van der Waals surface area contributed by atoms with Crippen LogP contribution in [0.3, 0.4) is 0 Å². The number of benzene rings is 2. The summed E-state index contributed by atoms with van der Waals surface area (Å²) >= 11 is 9.87. The van der Waals surface area contributed by atoms with E-state index in [2.05, 4.69) is 15.9 Å². The van der Waals surface area contributed by atoms with Crippen LogP contribution in [0.2, 0.25) is 5.02 Å². The Kier molecular flexibility index (Phi) is 4.48. The lowest BCUT2D eigenvalue weighted by atomic mass is 10.00. The molecular weight excluding hydrogens is 331 g/mol. The number of ether oxygens (including phenoxy) is 1. The Morgan fingerprint density at radius 1 is 1.16 bits per heavy atom. The average Bonchev–Trinajstić information content (AvgIpc) is 2.37. The zero-order valence-corrected chi connectivity index (χ0v) is 12.9. The first-order valence-corrected chi connectivity index (χ1v) is 7.06. The molecule has 1 unspecified atom stereocenters. The van der Waals surface area contributed by atoms with Crippen molar-refractivity contribution in [2.24, 2.45) is 0 Å². The van der Waals surface area contributed by atoms with E-state index < -0.39 is 0 Å². The van der Waals surface area contributed by atoms with Crippen LogP contribution in [0.1, 0.15) is 21.5 Å². The van der Waals surface area contributed by atoms with Gasteiger partial charge in [0.05, 0.1) is 11.9 Å². The average molecular weight is 344 g/mol. The van der Waals surface area contributed by atoms with Gasteiger partial charge in [0.2, 0.25) is 0 Å². The Morgan fingerprint density at radius 2 is 1.84 bits per heavy atom. The van der Waals surface area contributed by atoms with Gasteiger partial charge in [-0.2, -0.15) is 0 Å². The van der Waals surface area contributed by atoms with Crippen LogP contribution in [-0.2, 0) is 0 Å². The molecule has 1 atom stereocenters. The molecule has 1 nitrogen and oxygen atoms in total. The Hall–Kier alpha value is -1.06. The predicted octanol–water partition coefficient (Wildman–Crippen LogP) is 5.28. The van der Waals surface area contributed by atoms with E-state index in [1.165, 1.54) is 12.1 Å². The third-order valence-corrected chi connectivity index (χ3v) is 4.30. The van der Waals surface area contributed by atoms with Crippen molar-refractivity contribution in [3.8, 4) is 5.75 Å². The quantitative estimate of drug-likeness (QED) is 0.689. The van der Waals surface area contributed by atoms with Gasteiger partial charge in [-0.25, -0.2) is 4.39 Å². The van der Waals surface area contributed by atoms with E-state index in [1.54, 1.807) is 19.2 Å². The SMILES string of the molecule is COc1ccc(C(Br)c2ccc(F)cc2C)c(Cl)c1. The molecule has 0 fully saturated rings. The van der Waals surface area contributed by atoms with Gasteiger partial charge in [-0.05, 0) is 47.9 Å². The summed E-state index contributed by atoms with van der Waals surface area (Å²) in [6.07, 6.45) is 0. The van der Waals surface area contributed by atoms with Crippen LogP contribution in [-0.4, -0.2) is 7.11 Å². The van der Waals surface area contributed by atoms with E-state index >= 15 is 0 Å². The maximum Gasteiger partial charge on any atom is 0.123 e. The standard InChI is InChI=1S/C15H13BrClFO/c1-9-7-10(18)3-5-12(9)15(16)13-6-4-11(19-2)8-14(13)17/h3-8,15H,1-2H3. The Labute approximate surface area is 125 Å². The monoisotopic (exact) mass is 342 g/mol. The molecule has 2 aromatic rings. The third-order valence-electron chi connectivity index (χ3n) is 2.99. The minimum atomic E-state index is -0.234. The van der Waals surface area contributed by atoms with Crippen LogP contribution >= 0.6 is 27.5 Å². The maximum atomic E-state index is 13.1. The number of alkyl halides is 1. The highest BCUT2D eigenvalue weighted by atomic mass is 79.9. The van der Waals surface area contributed by atoms with E-state index in [0.29, 0.717) is 10.8 Å². The molecule has 2 aromatic carbocycles. The molecule has 0 radical (unpaired) electrons. The second-order valence-corrected chi connectivity index (χ2v) is 5.57. The number of hydrogen-bond acceptors (Lipinski definition) is 1. The van der Waals surface area contributed by atoms with Gasteiger partial charge in [0.15, 0.2) is 0 Å². The first kappa shape index (κ1) is 14.4. The van der Waals surface area contributed by atoms with Gasteiger partial charge in [-0.1, -0.05) is 39.7 Å². The summed E-state index contributed by atoms with van der Waals surface area (Å²) in [5, 5.41) is 0.616. The number of rotatable bonds is 3. The van der Waals surface area contributed by atoms with E-state index in [9.17, 15) is 4.39 Å². The summed E-state index contributed by atoms with van der Waals surface area (Å²) in [6.45, 7) is 1.88. The fourth-order valence-electron chi connectivity index (χ4n) is 1.93. The molecular formula is C15H13BrClFO. The lowest BCUT2D eigenvalue weighted by Crippen LogP contribution is -1.98. The maximum absolute atomic E-state index is 13.1. The number of methoxy groups -OCH3 is 1. The fourth-order valence-corrected chi connectivity index (χ4v) is 3.26. The van der Waals surface area contributed by atoms with Gasteiger partial charge in [0, 0.05) is 5.02 Å². The molecule has 0 saturated heterocycles. The molecule has 4 heteroatoms. The molecule has 19 heavy (non-hydrogen) atoms. The van der Waals surface area contributed by atoms with Gasteiger partial charge in [0.1, 0.15) is 11.6 Å². The van der Waals surface area contributed by atoms with Crippen molar-refractivity contribution in [2.75, 3.05) is 7.11 Å². The van der Waals surface area contributed by atoms with Crippen molar-refractivity contribution in [3.63, 3.8) is 0 Å². The molecule has 0 spiro atoms. The van der Waals surface area contributed by atoms with Crippen LogP contribution in [0.5, 0.6) is 5.75 Å². The van der Waals surface area contributed by atoms with E-state index in [0.717, 1.165) is 16.7 Å². The third kappa shape index (κ3) is 3.10. The van der Waals surface area contributed by atoms with Gasteiger partial charge < -0.3 is 4.74 Å². The highest BCUT2D eigenvalue weighted by molar-refractivity contribution is 9.09. The lowest BCUT2D eigenvalue weighted by Gasteiger charge is -2.15. The van der Waals surface area contributed by atoms with Crippen LogP contribution in [0.4, 0.5) is 4.39 Å². The first-order valence-electron chi connectivity index (χ1n) is 5.76.